The normalized spacial score (nSPS) is 8.64. The third-order valence-electron chi connectivity index (χ3n) is 2.18. The molecule has 0 N–H and O–H groups in total. The van der Waals surface area contributed by atoms with Crippen LogP contribution in [0.15, 0.2) is 0 Å². The van der Waals surface area contributed by atoms with Crippen LogP contribution >= 0.6 is 0 Å². The maximum absolute atomic E-state index is 9.98. The van der Waals surface area contributed by atoms with Crippen molar-refractivity contribution in [3.63, 3.8) is 0 Å². The predicted molar refractivity (Wildman–Crippen MR) is 67.6 cm³/mol. The second-order valence-electron chi connectivity index (χ2n) is 3.43. The molecule has 0 radical (unpaired) electrons. The molecule has 0 unspecified atom stereocenters. The van der Waals surface area contributed by atoms with Crippen molar-refractivity contribution in [1.29, 1.82) is 0 Å². The molecule has 0 atom stereocenters. The van der Waals surface area contributed by atoms with E-state index >= 15 is 0 Å². The molecule has 0 amide bonds. The molecular weight excluding hydrogens is 226 g/mol. The summed E-state index contributed by atoms with van der Waals surface area (Å²) in [4.78, 5) is 9.98. The van der Waals surface area contributed by atoms with Crippen molar-refractivity contribution < 1.29 is 4.79 Å². The number of carbonyl (C=O) groups excluding carboxylic acids is 1. The summed E-state index contributed by atoms with van der Waals surface area (Å²) in [5, 5.41) is 0. The number of hydrogen-bond donors (Lipinski definition) is 0. The number of unbranched alkanes of at least 4 members (excludes halogenated alkanes) is 8. The molecule has 3 heteroatoms. The van der Waals surface area contributed by atoms with Crippen molar-refractivity contribution in [1.82, 2.24) is 0 Å². The van der Waals surface area contributed by atoms with Gasteiger partial charge in [-0.1, -0.05) is 51.9 Å². The monoisotopic (exact) mass is 250 g/mol. The van der Waals surface area contributed by atoms with Crippen LogP contribution in [-0.4, -0.2) is 109 Å². The van der Waals surface area contributed by atoms with E-state index in [2.05, 4.69) is 6.92 Å². The van der Waals surface area contributed by atoms with Crippen molar-refractivity contribution in [2.45, 2.75) is 64.7 Å². The van der Waals surface area contributed by atoms with Gasteiger partial charge in [0.15, 0.2) is 0 Å². The van der Waals surface area contributed by atoms with Gasteiger partial charge in [0.25, 0.3) is 0 Å². The Balaban J connectivity index is -0.000000605. The summed E-state index contributed by atoms with van der Waals surface area (Å²) in [6, 6.07) is 0. The molecule has 1 nitrogen and oxygen atoms in total. The first kappa shape index (κ1) is 22.2. The number of aldehydes is 1. The molecular formula is C11H24K2O. The predicted octanol–water partition coefficient (Wildman–Crippen LogP) is 2.42. The quantitative estimate of drug-likeness (QED) is 0.349. The minimum atomic E-state index is 0. The van der Waals surface area contributed by atoms with Gasteiger partial charge >= 0.3 is 103 Å². The average Bonchev–Trinajstić information content (AvgIpc) is 2.10. The second-order valence-corrected chi connectivity index (χ2v) is 3.43. The van der Waals surface area contributed by atoms with Gasteiger partial charge in [-0.05, 0) is 6.42 Å². The van der Waals surface area contributed by atoms with Crippen LogP contribution in [0.25, 0.3) is 0 Å². The van der Waals surface area contributed by atoms with Crippen molar-refractivity contribution in [2.24, 2.45) is 0 Å². The summed E-state index contributed by atoms with van der Waals surface area (Å²) in [6.07, 6.45) is 12.3. The zero-order valence-electron chi connectivity index (χ0n) is 8.35. The van der Waals surface area contributed by atoms with Gasteiger partial charge in [-0.15, -0.1) is 0 Å². The Labute approximate surface area is 174 Å². The molecule has 0 rings (SSSR count). The molecule has 0 spiro atoms. The fourth-order valence-corrected chi connectivity index (χ4v) is 1.36. The van der Waals surface area contributed by atoms with Crippen LogP contribution in [-0.2, 0) is 4.79 Å². The van der Waals surface area contributed by atoms with Crippen molar-refractivity contribution >= 4 is 109 Å². The Morgan fingerprint density at radius 1 is 0.786 bits per heavy atom. The standard InChI is InChI=1S/C11H22O.2K.2H/c1-2-3-4-5-6-7-8-9-10-11-12;;;;/h11H,2-10H2,1H3;;;;. The Morgan fingerprint density at radius 2 is 1.21 bits per heavy atom. The zero-order chi connectivity index (χ0) is 9.07. The third-order valence-corrected chi connectivity index (χ3v) is 2.18. The molecule has 0 saturated heterocycles. The molecule has 14 heavy (non-hydrogen) atoms. The Morgan fingerprint density at radius 3 is 1.64 bits per heavy atom. The fraction of sp³-hybridized carbons (Fsp3) is 0.909. The van der Waals surface area contributed by atoms with Crippen LogP contribution in [0.1, 0.15) is 64.7 Å². The number of rotatable bonds is 9. The van der Waals surface area contributed by atoms with E-state index in [1.165, 1.54) is 44.9 Å². The maximum atomic E-state index is 9.98. The summed E-state index contributed by atoms with van der Waals surface area (Å²) in [5.41, 5.74) is 0. The van der Waals surface area contributed by atoms with E-state index in [9.17, 15) is 4.79 Å². The first-order valence-electron chi connectivity index (χ1n) is 5.35. The van der Waals surface area contributed by atoms with Gasteiger partial charge < -0.3 is 4.79 Å². The summed E-state index contributed by atoms with van der Waals surface area (Å²) in [7, 11) is 0. The first-order chi connectivity index (χ1) is 5.91. The van der Waals surface area contributed by atoms with Crippen LogP contribution in [0, 0.1) is 0 Å². The molecule has 0 aromatic rings. The summed E-state index contributed by atoms with van der Waals surface area (Å²) in [6.45, 7) is 2.24. The van der Waals surface area contributed by atoms with E-state index < -0.39 is 0 Å². The van der Waals surface area contributed by atoms with E-state index in [0.29, 0.717) is 0 Å². The van der Waals surface area contributed by atoms with Gasteiger partial charge in [0.05, 0.1) is 0 Å². The van der Waals surface area contributed by atoms with Gasteiger partial charge in [-0.3, -0.25) is 0 Å². The van der Waals surface area contributed by atoms with Crippen LogP contribution in [0.4, 0.5) is 0 Å². The molecule has 0 heterocycles. The third kappa shape index (κ3) is 20.4. The van der Waals surface area contributed by atoms with E-state index in [1.54, 1.807) is 0 Å². The summed E-state index contributed by atoms with van der Waals surface area (Å²) < 4.78 is 0. The number of hydrogen-bond acceptors (Lipinski definition) is 1. The Bertz CT molecular complexity index is 97.3. The van der Waals surface area contributed by atoms with Gasteiger partial charge in [0.2, 0.25) is 0 Å². The van der Waals surface area contributed by atoms with Gasteiger partial charge in [0, 0.05) is 6.42 Å². The van der Waals surface area contributed by atoms with Crippen molar-refractivity contribution in [3.8, 4) is 0 Å². The summed E-state index contributed by atoms with van der Waals surface area (Å²) in [5.74, 6) is 0. The van der Waals surface area contributed by atoms with Gasteiger partial charge in [0.1, 0.15) is 6.29 Å². The van der Waals surface area contributed by atoms with Gasteiger partial charge in [-0.25, -0.2) is 0 Å². The van der Waals surface area contributed by atoms with Crippen LogP contribution in [0.5, 0.6) is 0 Å². The molecule has 0 aromatic carbocycles. The number of carbonyl (C=O) groups is 1. The second kappa shape index (κ2) is 21.3. The molecule has 0 fully saturated rings. The Hall–Kier alpha value is 2.94. The molecule has 0 aliphatic heterocycles. The topological polar surface area (TPSA) is 17.1 Å². The summed E-state index contributed by atoms with van der Waals surface area (Å²) >= 11 is 0. The van der Waals surface area contributed by atoms with Crippen molar-refractivity contribution in [3.05, 3.63) is 0 Å². The molecule has 0 bridgehead atoms. The fourth-order valence-electron chi connectivity index (χ4n) is 1.36. The van der Waals surface area contributed by atoms with E-state index in [0.717, 1.165) is 19.1 Å². The minimum absolute atomic E-state index is 0. The van der Waals surface area contributed by atoms with Crippen molar-refractivity contribution in [2.75, 3.05) is 0 Å². The van der Waals surface area contributed by atoms with Crippen LogP contribution in [0.3, 0.4) is 0 Å². The van der Waals surface area contributed by atoms with E-state index in [-0.39, 0.29) is 103 Å². The van der Waals surface area contributed by atoms with E-state index in [4.69, 9.17) is 0 Å². The zero-order valence-corrected chi connectivity index (χ0v) is 8.35. The van der Waals surface area contributed by atoms with E-state index in [1.807, 2.05) is 0 Å². The molecule has 0 aliphatic rings. The molecule has 76 valence electrons. The SMILES string of the molecule is CCCCCCCCCCC=O.[KH].[KH]. The molecule has 0 aromatic heterocycles. The van der Waals surface area contributed by atoms with Crippen LogP contribution < -0.4 is 0 Å². The first-order valence-corrected chi connectivity index (χ1v) is 5.35. The Kier molecular flexibility index (Phi) is 33.6. The van der Waals surface area contributed by atoms with Crippen LogP contribution in [0.2, 0.25) is 0 Å². The molecule has 0 saturated carbocycles. The van der Waals surface area contributed by atoms with Gasteiger partial charge in [-0.2, -0.15) is 0 Å². The molecule has 0 aliphatic carbocycles. The average molecular weight is 251 g/mol.